The highest BCUT2D eigenvalue weighted by Crippen LogP contribution is 2.30. The smallest absolute Gasteiger partial charge is 0.329 e. The number of carboxylic acids is 1. The lowest BCUT2D eigenvalue weighted by Gasteiger charge is -2.27. The number of hydrogen-bond donors (Lipinski definition) is 3. The van der Waals surface area contributed by atoms with Crippen molar-refractivity contribution in [3.63, 3.8) is 0 Å². The number of aliphatic carboxylic acids is 1. The molecule has 1 saturated carbocycles. The third-order valence-electron chi connectivity index (χ3n) is 3.77. The Labute approximate surface area is 140 Å². The lowest BCUT2D eigenvalue weighted by Crippen LogP contribution is -2.57. The number of rotatable bonds is 5. The summed E-state index contributed by atoms with van der Waals surface area (Å²) >= 11 is 4.54. The van der Waals surface area contributed by atoms with Crippen molar-refractivity contribution in [3.8, 4) is 0 Å². The fraction of sp³-hybridized carbons (Fsp3) is 0.500. The normalized spacial score (nSPS) is 17.7. The van der Waals surface area contributed by atoms with Crippen molar-refractivity contribution >= 4 is 45.1 Å². The van der Waals surface area contributed by atoms with Gasteiger partial charge in [0, 0.05) is 0 Å². The van der Waals surface area contributed by atoms with E-state index >= 15 is 0 Å². The summed E-state index contributed by atoms with van der Waals surface area (Å²) in [6, 6.07) is 2.61. The minimum atomic E-state index is -1.19. The Balaban J connectivity index is 1.97. The first kappa shape index (κ1) is 17.0. The minimum Gasteiger partial charge on any atom is -0.480 e. The molecular weight excluding hydrogens is 372 g/mol. The Hall–Kier alpha value is -1.41. The number of amides is 2. The molecule has 0 spiro atoms. The van der Waals surface area contributed by atoms with Gasteiger partial charge < -0.3 is 15.7 Å². The summed E-state index contributed by atoms with van der Waals surface area (Å²) in [6.45, 7) is 1.54. The monoisotopic (exact) mass is 388 g/mol. The highest BCUT2D eigenvalue weighted by atomic mass is 79.9. The molecule has 6 nitrogen and oxygen atoms in total. The van der Waals surface area contributed by atoms with Gasteiger partial charge in [0.15, 0.2) is 0 Å². The van der Waals surface area contributed by atoms with E-state index in [9.17, 15) is 19.5 Å². The van der Waals surface area contributed by atoms with Crippen LogP contribution in [-0.2, 0) is 9.59 Å². The Morgan fingerprint density at radius 1 is 1.32 bits per heavy atom. The molecule has 1 unspecified atom stereocenters. The quantitative estimate of drug-likeness (QED) is 0.719. The lowest BCUT2D eigenvalue weighted by atomic mass is 9.97. The molecule has 1 aliphatic carbocycles. The molecule has 0 saturated heterocycles. The maximum Gasteiger partial charge on any atom is 0.329 e. The van der Waals surface area contributed by atoms with Crippen LogP contribution >= 0.6 is 27.3 Å². The third-order valence-corrected chi connectivity index (χ3v) is 5.39. The van der Waals surface area contributed by atoms with Crippen molar-refractivity contribution < 1.29 is 19.5 Å². The molecule has 0 bridgehead atoms. The molecule has 8 heteroatoms. The van der Waals surface area contributed by atoms with E-state index < -0.39 is 23.5 Å². The van der Waals surface area contributed by atoms with Gasteiger partial charge >= 0.3 is 5.97 Å². The maximum absolute atomic E-state index is 12.2. The zero-order valence-corrected chi connectivity index (χ0v) is 14.4. The van der Waals surface area contributed by atoms with Gasteiger partial charge in [0.25, 0.3) is 5.91 Å². The fourth-order valence-corrected chi connectivity index (χ4v) is 3.77. The van der Waals surface area contributed by atoms with Crippen molar-refractivity contribution in [1.29, 1.82) is 0 Å². The number of carbonyl (C=O) groups excluding carboxylic acids is 2. The summed E-state index contributed by atoms with van der Waals surface area (Å²) in [5.41, 5.74) is -1.19. The van der Waals surface area contributed by atoms with Crippen LogP contribution in [0, 0.1) is 0 Å². The molecule has 1 atom stereocenters. The van der Waals surface area contributed by atoms with Gasteiger partial charge in [-0.05, 0) is 47.8 Å². The predicted octanol–water partition coefficient (Wildman–Crippen LogP) is 2.14. The zero-order chi connectivity index (χ0) is 16.3. The molecule has 0 aliphatic heterocycles. The highest BCUT2D eigenvalue weighted by Gasteiger charge is 2.43. The van der Waals surface area contributed by atoms with Crippen LogP contribution in [0.4, 0.5) is 0 Å². The van der Waals surface area contributed by atoms with E-state index in [2.05, 4.69) is 26.6 Å². The summed E-state index contributed by atoms with van der Waals surface area (Å²) in [5, 5.41) is 14.5. The molecule has 120 valence electrons. The van der Waals surface area contributed by atoms with Gasteiger partial charge in [0.2, 0.25) is 5.91 Å². The van der Waals surface area contributed by atoms with Gasteiger partial charge in [-0.1, -0.05) is 12.8 Å². The number of thiophene rings is 1. The van der Waals surface area contributed by atoms with E-state index in [0.717, 1.165) is 16.6 Å². The van der Waals surface area contributed by atoms with Gasteiger partial charge in [-0.2, -0.15) is 0 Å². The van der Waals surface area contributed by atoms with Crippen LogP contribution in [-0.4, -0.2) is 34.5 Å². The van der Waals surface area contributed by atoms with Gasteiger partial charge in [0.1, 0.15) is 11.6 Å². The largest absolute Gasteiger partial charge is 0.480 e. The van der Waals surface area contributed by atoms with Gasteiger partial charge in [0.05, 0.1) is 8.66 Å². The van der Waals surface area contributed by atoms with Crippen LogP contribution in [0.25, 0.3) is 0 Å². The standard InChI is InChI=1S/C14H17BrN2O4S/c1-8(16-12(19)9-4-5-10(15)22-9)11(18)17-14(13(20)21)6-2-3-7-14/h4-5,8H,2-3,6-7H2,1H3,(H,16,19)(H,17,18)(H,20,21). The SMILES string of the molecule is CC(NC(=O)c1ccc(Br)s1)C(=O)NC1(C(=O)O)CCCC1. The van der Waals surface area contributed by atoms with Crippen molar-refractivity contribution in [3.05, 3.63) is 20.8 Å². The molecule has 22 heavy (non-hydrogen) atoms. The zero-order valence-electron chi connectivity index (χ0n) is 12.0. The van der Waals surface area contributed by atoms with E-state index in [1.54, 1.807) is 19.1 Å². The number of carboxylic acid groups (broad SMARTS) is 1. The fourth-order valence-electron chi connectivity index (χ4n) is 2.48. The van der Waals surface area contributed by atoms with Crippen molar-refractivity contribution in [2.75, 3.05) is 0 Å². The van der Waals surface area contributed by atoms with Gasteiger partial charge in [-0.25, -0.2) is 4.79 Å². The molecule has 3 N–H and O–H groups in total. The number of hydrogen-bond acceptors (Lipinski definition) is 4. The molecule has 1 aliphatic rings. The van der Waals surface area contributed by atoms with Gasteiger partial charge in [-0.15, -0.1) is 11.3 Å². The van der Waals surface area contributed by atoms with Crippen LogP contribution in [0.5, 0.6) is 0 Å². The van der Waals surface area contributed by atoms with Crippen LogP contribution in [0.2, 0.25) is 0 Å². The summed E-state index contributed by atoms with van der Waals surface area (Å²) in [5.74, 6) is -1.85. The molecule has 0 radical (unpaired) electrons. The summed E-state index contributed by atoms with van der Waals surface area (Å²) < 4.78 is 0.825. The molecule has 1 aromatic rings. The first-order valence-electron chi connectivity index (χ1n) is 6.96. The van der Waals surface area contributed by atoms with Crippen molar-refractivity contribution in [1.82, 2.24) is 10.6 Å². The van der Waals surface area contributed by atoms with Gasteiger partial charge in [-0.3, -0.25) is 9.59 Å². The Morgan fingerprint density at radius 3 is 2.45 bits per heavy atom. The number of carbonyl (C=O) groups is 3. The summed E-state index contributed by atoms with van der Waals surface area (Å²) in [4.78, 5) is 36.1. The molecule has 2 rings (SSSR count). The van der Waals surface area contributed by atoms with E-state index in [1.165, 1.54) is 11.3 Å². The van der Waals surface area contributed by atoms with E-state index in [1.807, 2.05) is 0 Å². The minimum absolute atomic E-state index is 0.353. The first-order chi connectivity index (χ1) is 10.3. The second kappa shape index (κ2) is 6.78. The van der Waals surface area contributed by atoms with Crippen LogP contribution < -0.4 is 10.6 Å². The first-order valence-corrected chi connectivity index (χ1v) is 8.57. The Kier molecular flexibility index (Phi) is 5.23. The molecule has 1 aromatic heterocycles. The lowest BCUT2D eigenvalue weighted by molar-refractivity contribution is -0.147. The highest BCUT2D eigenvalue weighted by molar-refractivity contribution is 9.11. The average molecular weight is 389 g/mol. The average Bonchev–Trinajstić information content (AvgIpc) is 3.08. The van der Waals surface area contributed by atoms with Crippen molar-refractivity contribution in [2.45, 2.75) is 44.2 Å². The second-order valence-electron chi connectivity index (χ2n) is 5.38. The van der Waals surface area contributed by atoms with Crippen LogP contribution in [0.1, 0.15) is 42.3 Å². The van der Waals surface area contributed by atoms with E-state index in [4.69, 9.17) is 0 Å². The molecular formula is C14H17BrN2O4S. The molecule has 2 amide bonds. The summed E-state index contributed by atoms with van der Waals surface area (Å²) in [7, 11) is 0. The maximum atomic E-state index is 12.2. The van der Waals surface area contributed by atoms with E-state index in [0.29, 0.717) is 17.7 Å². The molecule has 1 fully saturated rings. The second-order valence-corrected chi connectivity index (χ2v) is 7.85. The molecule has 0 aromatic carbocycles. The Bertz CT molecular complexity index is 595. The summed E-state index contributed by atoms with van der Waals surface area (Å²) in [6.07, 6.45) is 2.40. The van der Waals surface area contributed by atoms with Crippen LogP contribution in [0.3, 0.4) is 0 Å². The third kappa shape index (κ3) is 3.67. The van der Waals surface area contributed by atoms with Crippen molar-refractivity contribution in [2.24, 2.45) is 0 Å². The van der Waals surface area contributed by atoms with Crippen LogP contribution in [0.15, 0.2) is 15.9 Å². The topological polar surface area (TPSA) is 95.5 Å². The number of nitrogens with one attached hydrogen (secondary N) is 2. The predicted molar refractivity (Wildman–Crippen MR) is 85.9 cm³/mol. The Morgan fingerprint density at radius 2 is 1.95 bits per heavy atom. The number of halogens is 1. The molecule has 1 heterocycles. The van der Waals surface area contributed by atoms with E-state index in [-0.39, 0.29) is 5.91 Å².